The van der Waals surface area contributed by atoms with Gasteiger partial charge in [0.1, 0.15) is 21.9 Å². The van der Waals surface area contributed by atoms with Gasteiger partial charge in [0, 0.05) is 23.7 Å². The Balaban J connectivity index is 1.31. The summed E-state index contributed by atoms with van der Waals surface area (Å²) in [6, 6.07) is 19.5. The van der Waals surface area contributed by atoms with Crippen LogP contribution in [0, 0.1) is 10.1 Å². The fourth-order valence-corrected chi connectivity index (χ4v) is 4.05. The van der Waals surface area contributed by atoms with E-state index >= 15 is 0 Å². The van der Waals surface area contributed by atoms with Crippen LogP contribution >= 0.6 is 0 Å². The zero-order chi connectivity index (χ0) is 25.5. The number of fused-ring (bicyclic) bond motifs is 1. The molecule has 4 rings (SSSR count). The number of carbonyl (C=O) groups is 1. The van der Waals surface area contributed by atoms with Gasteiger partial charge in [0.05, 0.1) is 11.1 Å². The van der Waals surface area contributed by atoms with Gasteiger partial charge in [-0.2, -0.15) is 13.5 Å². The summed E-state index contributed by atoms with van der Waals surface area (Å²) in [7, 11) is -4.27. The fourth-order valence-electron chi connectivity index (χ4n) is 3.08. The van der Waals surface area contributed by atoms with Gasteiger partial charge in [0.15, 0.2) is 6.61 Å². The molecule has 36 heavy (non-hydrogen) atoms. The molecule has 0 unspecified atom stereocenters. The van der Waals surface area contributed by atoms with Gasteiger partial charge in [-0.05, 0) is 48.0 Å². The van der Waals surface area contributed by atoms with E-state index in [-0.39, 0.29) is 22.9 Å². The van der Waals surface area contributed by atoms with Crippen LogP contribution in [0.5, 0.6) is 11.5 Å². The first-order valence-corrected chi connectivity index (χ1v) is 11.8. The third kappa shape index (κ3) is 5.98. The number of amides is 1. The Kier molecular flexibility index (Phi) is 7.16. The number of non-ortho nitro benzene ring substituents is 1. The molecular weight excluding hydrogens is 488 g/mol. The molecule has 0 aliphatic rings. The number of hydrogen-bond donors (Lipinski definition) is 1. The van der Waals surface area contributed by atoms with Gasteiger partial charge >= 0.3 is 10.1 Å². The van der Waals surface area contributed by atoms with Crippen LogP contribution in [-0.2, 0) is 14.9 Å². The molecular formula is C24H18N4O7S. The van der Waals surface area contributed by atoms with Gasteiger partial charge in [-0.15, -0.1) is 0 Å². The molecule has 0 atom stereocenters. The summed E-state index contributed by atoms with van der Waals surface area (Å²) in [5.41, 5.74) is 3.17. The third-order valence-electron chi connectivity index (χ3n) is 4.76. The number of hydrazone groups is 1. The largest absolute Gasteiger partial charge is 0.481 e. The maximum absolute atomic E-state index is 12.4. The van der Waals surface area contributed by atoms with Crippen molar-refractivity contribution in [3.63, 3.8) is 0 Å². The Morgan fingerprint density at radius 2 is 1.81 bits per heavy atom. The zero-order valence-corrected chi connectivity index (χ0v) is 19.3. The second-order valence-corrected chi connectivity index (χ2v) is 8.82. The van der Waals surface area contributed by atoms with Crippen LogP contribution in [-0.4, -0.2) is 37.1 Å². The molecule has 12 heteroatoms. The number of ether oxygens (including phenoxy) is 1. The molecule has 182 valence electrons. The molecule has 0 saturated heterocycles. The highest BCUT2D eigenvalue weighted by molar-refractivity contribution is 7.87. The zero-order valence-electron chi connectivity index (χ0n) is 18.5. The minimum absolute atomic E-state index is 0.000196. The molecule has 4 aromatic rings. The Labute approximate surface area is 205 Å². The number of benzene rings is 3. The molecule has 1 heterocycles. The van der Waals surface area contributed by atoms with E-state index < -0.39 is 20.9 Å². The first-order valence-electron chi connectivity index (χ1n) is 10.4. The average Bonchev–Trinajstić information content (AvgIpc) is 2.88. The van der Waals surface area contributed by atoms with Gasteiger partial charge in [-0.25, -0.2) is 5.43 Å². The van der Waals surface area contributed by atoms with E-state index in [1.165, 1.54) is 48.7 Å². The Hall–Kier alpha value is -4.84. The topological polar surface area (TPSA) is 150 Å². The first-order chi connectivity index (χ1) is 17.3. The van der Waals surface area contributed by atoms with Crippen molar-refractivity contribution in [3.8, 4) is 11.5 Å². The molecule has 0 spiro atoms. The lowest BCUT2D eigenvalue weighted by Gasteiger charge is -2.07. The molecule has 1 aromatic heterocycles. The van der Waals surface area contributed by atoms with Crippen LogP contribution < -0.4 is 14.3 Å². The second-order valence-electron chi connectivity index (χ2n) is 7.27. The quantitative estimate of drug-likeness (QED) is 0.157. The highest BCUT2D eigenvalue weighted by Crippen LogP contribution is 2.23. The number of para-hydroxylation sites is 1. The Morgan fingerprint density at radius 1 is 1.06 bits per heavy atom. The van der Waals surface area contributed by atoms with Gasteiger partial charge < -0.3 is 8.92 Å². The summed E-state index contributed by atoms with van der Waals surface area (Å²) >= 11 is 0. The van der Waals surface area contributed by atoms with E-state index in [0.29, 0.717) is 16.8 Å². The molecule has 0 saturated carbocycles. The monoisotopic (exact) mass is 506 g/mol. The van der Waals surface area contributed by atoms with Crippen molar-refractivity contribution in [2.75, 3.05) is 6.61 Å². The van der Waals surface area contributed by atoms with Crippen molar-refractivity contribution in [3.05, 3.63) is 101 Å². The molecule has 1 N–H and O–H groups in total. The minimum atomic E-state index is -4.27. The summed E-state index contributed by atoms with van der Waals surface area (Å²) in [5, 5.41) is 15.6. The maximum atomic E-state index is 12.4. The van der Waals surface area contributed by atoms with Crippen LogP contribution in [0.4, 0.5) is 5.69 Å². The van der Waals surface area contributed by atoms with E-state index in [1.54, 1.807) is 18.3 Å². The number of aromatic nitrogens is 1. The summed E-state index contributed by atoms with van der Waals surface area (Å²) < 4.78 is 35.4. The second kappa shape index (κ2) is 10.6. The number of nitro benzene ring substituents is 1. The molecule has 0 radical (unpaired) electrons. The molecule has 1 amide bonds. The molecule has 0 bridgehead atoms. The summed E-state index contributed by atoms with van der Waals surface area (Å²) in [5.74, 6) is -0.00940. The molecule has 3 aromatic carbocycles. The Morgan fingerprint density at radius 3 is 2.58 bits per heavy atom. The van der Waals surface area contributed by atoms with Crippen molar-refractivity contribution < 1.29 is 27.1 Å². The number of nitrogens with one attached hydrogen (secondary N) is 1. The number of pyridine rings is 1. The molecule has 0 fully saturated rings. The Bertz CT molecular complexity index is 1550. The number of nitrogens with zero attached hydrogens (tertiary/aromatic N) is 3. The van der Waals surface area contributed by atoms with Crippen LogP contribution in [0.15, 0.2) is 95.1 Å². The van der Waals surface area contributed by atoms with Gasteiger partial charge in [-0.1, -0.05) is 24.3 Å². The van der Waals surface area contributed by atoms with E-state index in [4.69, 9.17) is 8.92 Å². The summed E-state index contributed by atoms with van der Waals surface area (Å²) in [6.45, 7) is -0.269. The number of hydrogen-bond acceptors (Lipinski definition) is 9. The van der Waals surface area contributed by atoms with E-state index in [9.17, 15) is 23.3 Å². The van der Waals surface area contributed by atoms with E-state index in [0.717, 1.165) is 11.5 Å². The molecule has 0 aliphatic heterocycles. The van der Waals surface area contributed by atoms with Crippen molar-refractivity contribution in [1.82, 2.24) is 10.4 Å². The highest BCUT2D eigenvalue weighted by atomic mass is 32.2. The smallest absolute Gasteiger partial charge is 0.339 e. The lowest BCUT2D eigenvalue weighted by Crippen LogP contribution is -2.24. The summed E-state index contributed by atoms with van der Waals surface area (Å²) in [4.78, 5) is 26.2. The average molecular weight is 506 g/mol. The normalized spacial score (nSPS) is 11.3. The van der Waals surface area contributed by atoms with Crippen molar-refractivity contribution >= 4 is 38.8 Å². The SMILES string of the molecule is O=C(COc1cccc2cccnc12)N/N=C\c1ccc(OS(=O)(=O)c2cccc([N+](=O)[O-])c2)cc1. The highest BCUT2D eigenvalue weighted by Gasteiger charge is 2.19. The molecule has 0 aliphatic carbocycles. The van der Waals surface area contributed by atoms with Gasteiger partial charge in [0.2, 0.25) is 0 Å². The lowest BCUT2D eigenvalue weighted by molar-refractivity contribution is -0.385. The van der Waals surface area contributed by atoms with Gasteiger partial charge in [-0.3, -0.25) is 19.9 Å². The maximum Gasteiger partial charge on any atom is 0.339 e. The third-order valence-corrected chi connectivity index (χ3v) is 6.00. The predicted molar refractivity (Wildman–Crippen MR) is 130 cm³/mol. The molecule has 11 nitrogen and oxygen atoms in total. The van der Waals surface area contributed by atoms with Crippen molar-refractivity contribution in [2.24, 2.45) is 5.10 Å². The lowest BCUT2D eigenvalue weighted by atomic mass is 10.2. The minimum Gasteiger partial charge on any atom is -0.481 e. The fraction of sp³-hybridized carbons (Fsp3) is 0.0417. The summed E-state index contributed by atoms with van der Waals surface area (Å²) in [6.07, 6.45) is 3.00. The number of carbonyl (C=O) groups excluding carboxylic acids is 1. The number of rotatable bonds is 9. The van der Waals surface area contributed by atoms with Crippen molar-refractivity contribution in [1.29, 1.82) is 0 Å². The van der Waals surface area contributed by atoms with Crippen LogP contribution in [0.1, 0.15) is 5.56 Å². The standard InChI is InChI=1S/C24H18N4O7S/c29-23(16-34-22-8-1-4-18-5-3-13-25-24(18)22)27-26-15-17-9-11-20(12-10-17)35-36(32,33)21-7-2-6-19(14-21)28(30)31/h1-15H,16H2,(H,27,29)/b26-15-. The van der Waals surface area contributed by atoms with E-state index in [1.807, 2.05) is 18.2 Å². The van der Waals surface area contributed by atoms with Crippen molar-refractivity contribution in [2.45, 2.75) is 4.90 Å². The van der Waals surface area contributed by atoms with Crippen LogP contribution in [0.3, 0.4) is 0 Å². The number of nitro groups is 1. The predicted octanol–water partition coefficient (Wildman–Crippen LogP) is 3.44. The van der Waals surface area contributed by atoms with Gasteiger partial charge in [0.25, 0.3) is 11.6 Å². The van der Waals surface area contributed by atoms with E-state index in [2.05, 4.69) is 15.5 Å². The van der Waals surface area contributed by atoms with Crippen LogP contribution in [0.25, 0.3) is 10.9 Å². The first kappa shape index (κ1) is 24.3. The van der Waals surface area contributed by atoms with Crippen LogP contribution in [0.2, 0.25) is 0 Å².